The number of alkyl carbamates (subject to hydrolysis) is 1. The Balaban J connectivity index is 1.97. The second kappa shape index (κ2) is 12.1. The van der Waals surface area contributed by atoms with Crippen molar-refractivity contribution in [2.45, 2.75) is 89.9 Å². The molecule has 1 aromatic carbocycles. The van der Waals surface area contributed by atoms with E-state index in [0.29, 0.717) is 19.4 Å². The van der Waals surface area contributed by atoms with Gasteiger partial charge >= 0.3 is 6.09 Å². The molecule has 1 aliphatic rings. The van der Waals surface area contributed by atoms with Crippen molar-refractivity contribution >= 4 is 6.09 Å². The normalized spacial score (nSPS) is 17.9. The minimum Gasteiger partial charge on any atom is -0.444 e. The number of benzene rings is 1. The van der Waals surface area contributed by atoms with E-state index in [2.05, 4.69) is 16.7 Å². The number of nitrogens with one attached hydrogen (secondary N) is 2. The summed E-state index contributed by atoms with van der Waals surface area (Å²) < 4.78 is 5.40. The average molecular weight is 430 g/mol. The third-order valence-electron chi connectivity index (χ3n) is 6.00. The Morgan fingerprint density at radius 1 is 1.23 bits per heavy atom. The molecule has 172 valence electrons. The summed E-state index contributed by atoms with van der Waals surface area (Å²) in [7, 11) is 0. The highest BCUT2D eigenvalue weighted by Crippen LogP contribution is 2.39. The molecule has 3 N–H and O–H groups in total. The summed E-state index contributed by atoms with van der Waals surface area (Å²) in [6.45, 7) is 6.63. The molecule has 6 nitrogen and oxygen atoms in total. The lowest BCUT2D eigenvalue weighted by Crippen LogP contribution is -2.51. The number of hydrogen-bond acceptors (Lipinski definition) is 5. The Morgan fingerprint density at radius 3 is 2.52 bits per heavy atom. The Hall–Kier alpha value is -2.10. The Kier molecular flexibility index (Phi) is 9.80. The van der Waals surface area contributed by atoms with Crippen LogP contribution in [0.15, 0.2) is 30.3 Å². The molecule has 0 aliphatic heterocycles. The summed E-state index contributed by atoms with van der Waals surface area (Å²) in [5.74, 6) is 0. The third kappa shape index (κ3) is 9.28. The van der Waals surface area contributed by atoms with E-state index in [9.17, 15) is 9.90 Å². The van der Waals surface area contributed by atoms with E-state index < -0.39 is 23.8 Å². The Morgan fingerprint density at radius 2 is 1.90 bits per heavy atom. The first-order chi connectivity index (χ1) is 14.7. The Labute approximate surface area is 187 Å². The van der Waals surface area contributed by atoms with Crippen molar-refractivity contribution < 1.29 is 14.6 Å². The van der Waals surface area contributed by atoms with Gasteiger partial charge in [0.2, 0.25) is 0 Å². The molecule has 2 rings (SSSR count). The van der Waals surface area contributed by atoms with Gasteiger partial charge in [0, 0.05) is 19.5 Å². The summed E-state index contributed by atoms with van der Waals surface area (Å²) in [6.07, 6.45) is 6.62. The smallest absolute Gasteiger partial charge is 0.407 e. The van der Waals surface area contributed by atoms with E-state index in [-0.39, 0.29) is 5.41 Å². The van der Waals surface area contributed by atoms with Gasteiger partial charge in [0.05, 0.1) is 18.2 Å². The van der Waals surface area contributed by atoms with Crippen molar-refractivity contribution in [3.63, 3.8) is 0 Å². The molecule has 0 spiro atoms. The Bertz CT molecular complexity index is 703. The fourth-order valence-electron chi connectivity index (χ4n) is 4.38. The number of aliphatic hydroxyl groups is 1. The molecular weight excluding hydrogens is 390 g/mol. The van der Waals surface area contributed by atoms with Gasteiger partial charge in [-0.1, -0.05) is 49.6 Å². The molecule has 0 saturated heterocycles. The van der Waals surface area contributed by atoms with Crippen molar-refractivity contribution in [3.8, 4) is 6.07 Å². The molecule has 0 bridgehead atoms. The van der Waals surface area contributed by atoms with Crippen molar-refractivity contribution in [1.29, 1.82) is 5.26 Å². The molecule has 6 heteroatoms. The van der Waals surface area contributed by atoms with Gasteiger partial charge in [0.1, 0.15) is 5.60 Å². The molecule has 1 aliphatic carbocycles. The minimum atomic E-state index is -0.760. The predicted molar refractivity (Wildman–Crippen MR) is 123 cm³/mol. The fourth-order valence-corrected chi connectivity index (χ4v) is 4.38. The lowest BCUT2D eigenvalue weighted by atomic mass is 9.71. The van der Waals surface area contributed by atoms with E-state index >= 15 is 0 Å². The number of carbonyl (C=O) groups is 1. The maximum Gasteiger partial charge on any atom is 0.407 e. The van der Waals surface area contributed by atoms with Gasteiger partial charge in [0.15, 0.2) is 0 Å². The zero-order chi connectivity index (χ0) is 22.7. The molecule has 1 saturated carbocycles. The van der Waals surface area contributed by atoms with E-state index in [1.807, 2.05) is 51.1 Å². The molecule has 1 amide bonds. The minimum absolute atomic E-state index is 0.140. The van der Waals surface area contributed by atoms with E-state index in [1.165, 1.54) is 19.3 Å². The zero-order valence-electron chi connectivity index (χ0n) is 19.3. The lowest BCUT2D eigenvalue weighted by molar-refractivity contribution is 0.0416. The molecule has 2 atom stereocenters. The molecule has 1 aromatic rings. The molecule has 0 aromatic heterocycles. The molecule has 1 unspecified atom stereocenters. The maximum atomic E-state index is 12.4. The van der Waals surface area contributed by atoms with Crippen LogP contribution in [0.3, 0.4) is 0 Å². The van der Waals surface area contributed by atoms with Gasteiger partial charge in [-0.05, 0) is 57.4 Å². The summed E-state index contributed by atoms with van der Waals surface area (Å²) in [4.78, 5) is 12.4. The van der Waals surface area contributed by atoms with Crippen molar-refractivity contribution in [3.05, 3.63) is 35.9 Å². The van der Waals surface area contributed by atoms with Gasteiger partial charge < -0.3 is 20.5 Å². The lowest BCUT2D eigenvalue weighted by Gasteiger charge is -2.38. The van der Waals surface area contributed by atoms with Crippen LogP contribution in [0.1, 0.15) is 71.3 Å². The van der Waals surface area contributed by atoms with Gasteiger partial charge in [-0.25, -0.2) is 4.79 Å². The standard InChI is InChI=1S/C25H39N3O3/c1-24(2,3)31-23(30)28-21(17-20-11-6-4-7-12-20)22(29)18-27-19-25(15-10-16-26)13-8-5-9-14-25/h4,6-7,11-12,21-22,27,29H,5,8-10,13-15,17-19H2,1-3H3,(H,28,30)/t21-,22?/m0/s1. The van der Waals surface area contributed by atoms with E-state index in [4.69, 9.17) is 10.00 Å². The molecule has 1 fully saturated rings. The second-order valence-corrected chi connectivity index (χ2v) is 9.86. The fraction of sp³-hybridized carbons (Fsp3) is 0.680. The van der Waals surface area contributed by atoms with Crippen molar-refractivity contribution in [2.75, 3.05) is 13.1 Å². The highest BCUT2D eigenvalue weighted by molar-refractivity contribution is 5.68. The molecule has 31 heavy (non-hydrogen) atoms. The first-order valence-corrected chi connectivity index (χ1v) is 11.5. The second-order valence-electron chi connectivity index (χ2n) is 9.86. The number of nitriles is 1. The SMILES string of the molecule is CC(C)(C)OC(=O)N[C@@H](Cc1ccccc1)C(O)CNCC1(CCC#N)CCCCC1. The summed E-state index contributed by atoms with van der Waals surface area (Å²) in [5.41, 5.74) is 0.584. The number of hydrogen-bond donors (Lipinski definition) is 3. The van der Waals surface area contributed by atoms with Gasteiger partial charge in [-0.2, -0.15) is 5.26 Å². The largest absolute Gasteiger partial charge is 0.444 e. The zero-order valence-corrected chi connectivity index (χ0v) is 19.3. The van der Waals surface area contributed by atoms with Gasteiger partial charge in [-0.15, -0.1) is 0 Å². The monoisotopic (exact) mass is 429 g/mol. The number of amides is 1. The van der Waals surface area contributed by atoms with Crippen LogP contribution in [0.4, 0.5) is 4.79 Å². The van der Waals surface area contributed by atoms with Crippen molar-refractivity contribution in [2.24, 2.45) is 5.41 Å². The highest BCUT2D eigenvalue weighted by atomic mass is 16.6. The molecule has 0 heterocycles. The van der Waals surface area contributed by atoms with E-state index in [0.717, 1.165) is 31.4 Å². The van der Waals surface area contributed by atoms with Crippen LogP contribution in [0.2, 0.25) is 0 Å². The number of carbonyl (C=O) groups excluding carboxylic acids is 1. The number of rotatable bonds is 10. The third-order valence-corrected chi connectivity index (χ3v) is 6.00. The summed E-state index contributed by atoms with van der Waals surface area (Å²) in [5, 5.41) is 26.3. The van der Waals surface area contributed by atoms with Crippen LogP contribution < -0.4 is 10.6 Å². The number of aliphatic hydroxyl groups excluding tert-OH is 1. The molecular formula is C25H39N3O3. The topological polar surface area (TPSA) is 94.4 Å². The first-order valence-electron chi connectivity index (χ1n) is 11.5. The number of ether oxygens (including phenoxy) is 1. The van der Waals surface area contributed by atoms with E-state index in [1.54, 1.807) is 0 Å². The van der Waals surface area contributed by atoms with Crippen LogP contribution >= 0.6 is 0 Å². The van der Waals surface area contributed by atoms with Gasteiger partial charge in [0.25, 0.3) is 0 Å². The predicted octanol–water partition coefficient (Wildman–Crippen LogP) is 4.33. The van der Waals surface area contributed by atoms with Crippen LogP contribution in [0, 0.1) is 16.7 Å². The highest BCUT2D eigenvalue weighted by Gasteiger charge is 2.32. The molecule has 0 radical (unpaired) electrons. The van der Waals surface area contributed by atoms with Crippen LogP contribution in [0.5, 0.6) is 0 Å². The van der Waals surface area contributed by atoms with Crippen LogP contribution in [-0.2, 0) is 11.2 Å². The van der Waals surface area contributed by atoms with Crippen LogP contribution in [0.25, 0.3) is 0 Å². The summed E-state index contributed by atoms with van der Waals surface area (Å²) >= 11 is 0. The summed E-state index contributed by atoms with van der Waals surface area (Å²) in [6, 6.07) is 11.6. The van der Waals surface area contributed by atoms with Crippen LogP contribution in [-0.4, -0.2) is 42.0 Å². The number of nitrogens with zero attached hydrogens (tertiary/aromatic N) is 1. The first kappa shape index (κ1) is 25.2. The quantitative estimate of drug-likeness (QED) is 0.515. The van der Waals surface area contributed by atoms with Gasteiger partial charge in [-0.3, -0.25) is 0 Å². The van der Waals surface area contributed by atoms with Crippen molar-refractivity contribution in [1.82, 2.24) is 10.6 Å². The average Bonchev–Trinajstić information content (AvgIpc) is 2.72. The maximum absolute atomic E-state index is 12.4.